The Morgan fingerprint density at radius 1 is 0.358 bits per heavy atom. The number of carbonyl (C=O) groups excluding carboxylic acids is 12. The summed E-state index contributed by atoms with van der Waals surface area (Å²) in [5.41, 5.74) is 8.33. The largest absolute Gasteiger partial charge is 3.00 e. The van der Waals surface area contributed by atoms with E-state index in [0.29, 0.717) is 30.2 Å². The fraction of sp³-hybridized carbons (Fsp3) is 0.500. The monoisotopic (exact) mass is 1810 g/mol. The third-order valence-electron chi connectivity index (χ3n) is 17.2. The number of hydrogen-bond acceptors (Lipinski definition) is 30. The minimum absolute atomic E-state index is 0. The van der Waals surface area contributed by atoms with E-state index in [1.807, 2.05) is 0 Å². The minimum Gasteiger partial charge on any atom is -0.549 e. The number of carboxylic acids is 6. The van der Waals surface area contributed by atoms with Crippen LogP contribution in [0.25, 0.3) is 21.5 Å². The van der Waals surface area contributed by atoms with Crippen molar-refractivity contribution in [3.63, 3.8) is 0 Å². The molecule has 2 heterocycles. The van der Waals surface area contributed by atoms with Crippen LogP contribution in [0.3, 0.4) is 0 Å². The van der Waals surface area contributed by atoms with Crippen LogP contribution in [0.1, 0.15) is 13.8 Å². The van der Waals surface area contributed by atoms with E-state index >= 15 is 0 Å². The third-order valence-corrected chi connectivity index (χ3v) is 20.9. The van der Waals surface area contributed by atoms with Crippen molar-refractivity contribution in [1.29, 1.82) is 0 Å². The molecule has 38 nitrogen and oxygen atoms in total. The van der Waals surface area contributed by atoms with Gasteiger partial charge in [-0.3, -0.25) is 89.7 Å². The van der Waals surface area contributed by atoms with Crippen LogP contribution in [0, 0.1) is 79.9 Å². The molecule has 6 amide bonds. The number of nitrogens with one attached hydrogen (secondary N) is 6. The quantitative estimate of drug-likeness (QED) is 0.0255. The summed E-state index contributed by atoms with van der Waals surface area (Å²) in [4.78, 5) is 163. The zero-order valence-electron chi connectivity index (χ0n) is 58.0. The Morgan fingerprint density at radius 2 is 0.594 bits per heavy atom. The van der Waals surface area contributed by atoms with Crippen LogP contribution in [-0.4, -0.2) is 331 Å². The Balaban J connectivity index is 0.0000119. The van der Waals surface area contributed by atoms with Crippen molar-refractivity contribution in [2.24, 2.45) is 0 Å². The molecule has 0 bridgehead atoms. The van der Waals surface area contributed by atoms with E-state index in [1.165, 1.54) is 79.6 Å². The number of nitrogens with zero attached hydrogens (tertiary/aromatic N) is 10. The number of hydrazine groups is 2. The van der Waals surface area contributed by atoms with Gasteiger partial charge in [-0.05, 0) is 59.7 Å². The molecule has 2 aliphatic rings. The number of benzene rings is 4. The van der Waals surface area contributed by atoms with Crippen LogP contribution in [0.15, 0.2) is 94.7 Å². The average Bonchev–Trinajstić information content (AvgIpc) is 0.788. The zero-order chi connectivity index (χ0) is 76.3. The molecule has 2 aliphatic heterocycles. The van der Waals surface area contributed by atoms with E-state index in [-0.39, 0.29) is 194 Å². The van der Waals surface area contributed by atoms with Crippen molar-refractivity contribution >= 4 is 113 Å². The maximum absolute atomic E-state index is 14.8. The fourth-order valence-electron chi connectivity index (χ4n) is 11.4. The van der Waals surface area contributed by atoms with Crippen LogP contribution >= 0.6 is 0 Å². The maximum atomic E-state index is 14.8. The van der Waals surface area contributed by atoms with Crippen molar-refractivity contribution in [1.82, 2.24) is 80.1 Å². The Bertz CT molecular complexity index is 3650. The topological polar surface area (TPSA) is 516 Å². The van der Waals surface area contributed by atoms with Crippen LogP contribution in [0.2, 0.25) is 0 Å². The SMILES string of the molecule is CC(C(=O)NCC(=O)NNC(=O)CN(CCN(CC(=O)NNC(=O)CNC(=O)C(C)N1CCN(CC(=O)[O-])CCN(CC(=O)[O-])CCN(CC(=O)[O-])CC1)S(=O)(=O)c1ccc2ccccc2c1)S(=O)(=O)c1ccc2ccccc2c1)N1CCN(CC(=O)[O-])CCN(CC(=O)[O-])CCN(CC(=O)[O-])CC1.[Gd+3].[Gd+3]. The second-order valence-corrected chi connectivity index (χ2v) is 28.5. The molecule has 2 radical (unpaired) electrons. The van der Waals surface area contributed by atoms with Gasteiger partial charge in [0.1, 0.15) is 0 Å². The van der Waals surface area contributed by atoms with Gasteiger partial charge in [0.15, 0.2) is 0 Å². The van der Waals surface area contributed by atoms with Gasteiger partial charge in [0, 0.05) is 157 Å². The second kappa shape index (κ2) is 45.2. The summed E-state index contributed by atoms with van der Waals surface area (Å²) in [5, 5.41) is 76.7. The van der Waals surface area contributed by atoms with Gasteiger partial charge in [0.2, 0.25) is 31.9 Å². The Morgan fingerprint density at radius 3 is 0.849 bits per heavy atom. The normalized spacial score (nSPS) is 16.5. The number of rotatable bonds is 31. The molecule has 6 rings (SSSR count). The summed E-state index contributed by atoms with van der Waals surface area (Å²) in [6, 6.07) is 19.3. The van der Waals surface area contributed by atoms with Crippen LogP contribution in [-0.2, 0) is 77.6 Å². The Hall–Kier alpha value is -6.81. The minimum atomic E-state index is -4.83. The molecule has 2 unspecified atom stereocenters. The Labute approximate surface area is 675 Å². The first-order chi connectivity index (χ1) is 49.2. The third kappa shape index (κ3) is 31.0. The summed E-state index contributed by atoms with van der Waals surface area (Å²) < 4.78 is 60.2. The number of sulfonamides is 2. The van der Waals surface area contributed by atoms with E-state index in [1.54, 1.807) is 58.3 Å². The average molecular weight is 1810 g/mol. The molecule has 106 heavy (non-hydrogen) atoms. The fourth-order valence-corrected chi connectivity index (χ4v) is 14.2. The number of carbonyl (C=O) groups is 12. The van der Waals surface area contributed by atoms with Gasteiger partial charge in [-0.1, -0.05) is 60.7 Å². The molecular weight excluding hydrogens is 1720 g/mol. The predicted molar refractivity (Wildman–Crippen MR) is 355 cm³/mol. The van der Waals surface area contributed by atoms with E-state index in [2.05, 4.69) is 32.3 Å². The number of aliphatic carboxylic acids is 6. The van der Waals surface area contributed by atoms with Gasteiger partial charge < -0.3 is 70.0 Å². The standard InChI is InChI=1S/C64H90N16O22S2.2Gd/c1-45(77-27-23-73(41-59(89)90)19-15-71(39-57(85)86)16-20-74(24-28-77)42-60(91)92)63(97)65-35-53(81)67-69-55(83)37-79(103(99,100)51-13-11-47-7-3-5-9-49(47)33-51)31-32-80(104(101,102)52-14-12-48-8-4-6-10-50(48)34-52)38-56(84)70-68-54(82)36-66-64(98)46(2)78-29-25-75(43-61(93)94)21-17-72(40-58(87)88)18-22-76(26-30-78)44-62(95)96;;/h3-14,33-34,45-46H,15-32,35-44H2,1-2H3,(H,65,97)(H,66,98)(H,67,81)(H,68,82)(H,69,83)(H,70,84)(H,85,86)(H,87,88)(H,89,90)(H,91,92)(H,93,94)(H,95,96);;/q;2*+3/p-6. The summed E-state index contributed by atoms with van der Waals surface area (Å²) in [5.74, 6) is -14.5. The number of carboxylic acid groups (broad SMARTS) is 6. The molecule has 2 saturated heterocycles. The van der Waals surface area contributed by atoms with Gasteiger partial charge in [-0.25, -0.2) is 16.8 Å². The number of amides is 6. The van der Waals surface area contributed by atoms with E-state index < -0.39 is 182 Å². The van der Waals surface area contributed by atoms with Crippen LogP contribution < -0.4 is 63.0 Å². The molecule has 4 aromatic rings. The summed E-state index contributed by atoms with van der Waals surface area (Å²) >= 11 is 0. The molecule has 6 N–H and O–H groups in total. The van der Waals surface area contributed by atoms with Crippen LogP contribution in [0.5, 0.6) is 0 Å². The van der Waals surface area contributed by atoms with E-state index in [4.69, 9.17) is 0 Å². The molecule has 0 aliphatic carbocycles. The first-order valence-electron chi connectivity index (χ1n) is 33.0. The van der Waals surface area contributed by atoms with Gasteiger partial charge in [0.05, 0.1) is 83.9 Å². The van der Waals surface area contributed by atoms with Crippen molar-refractivity contribution in [2.45, 2.75) is 35.7 Å². The zero-order valence-corrected chi connectivity index (χ0v) is 64.2. The molecule has 2 fully saturated rings. The van der Waals surface area contributed by atoms with Crippen molar-refractivity contribution in [3.8, 4) is 0 Å². The predicted octanol–water partition coefficient (Wildman–Crippen LogP) is -13.1. The molecule has 580 valence electrons. The molecule has 42 heteroatoms. The van der Waals surface area contributed by atoms with Gasteiger partial charge in [-0.15, -0.1) is 0 Å². The molecule has 0 saturated carbocycles. The van der Waals surface area contributed by atoms with Crippen LogP contribution in [0.4, 0.5) is 0 Å². The van der Waals surface area contributed by atoms with E-state index in [0.717, 1.165) is 0 Å². The summed E-state index contributed by atoms with van der Waals surface area (Å²) in [6.45, 7) is -5.50. The molecule has 0 spiro atoms. The number of hydrogen-bond donors (Lipinski definition) is 6. The Kier molecular flexibility index (Phi) is 39.1. The van der Waals surface area contributed by atoms with Gasteiger partial charge in [-0.2, -0.15) is 8.61 Å². The summed E-state index contributed by atoms with van der Waals surface area (Å²) in [6.07, 6.45) is 0. The van der Waals surface area contributed by atoms with Crippen molar-refractivity contribution in [3.05, 3.63) is 84.9 Å². The van der Waals surface area contributed by atoms with Crippen molar-refractivity contribution < 1.29 is 185 Å². The maximum Gasteiger partial charge on any atom is 3.00 e. The van der Waals surface area contributed by atoms with Gasteiger partial charge >= 0.3 is 79.9 Å². The van der Waals surface area contributed by atoms with E-state index in [9.17, 15) is 105 Å². The van der Waals surface area contributed by atoms with Gasteiger partial charge in [0.25, 0.3) is 23.6 Å². The first-order valence-corrected chi connectivity index (χ1v) is 35.8. The molecule has 4 aromatic carbocycles. The second-order valence-electron chi connectivity index (χ2n) is 24.6. The van der Waals surface area contributed by atoms with Crippen molar-refractivity contribution in [2.75, 3.05) is 183 Å². The number of fused-ring (bicyclic) bond motifs is 2. The summed E-state index contributed by atoms with van der Waals surface area (Å²) in [7, 11) is -9.66. The smallest absolute Gasteiger partial charge is 0.549 e. The first kappa shape index (κ1) is 91.6. The molecule has 2 atom stereocenters. The molecular formula is C64H84Gd2N16O22S2. The molecule has 0 aromatic heterocycles.